The molecular weight excluding hydrogens is 95.1 g/mol. The van der Waals surface area contributed by atoms with Gasteiger partial charge >= 0.3 is 0 Å². The van der Waals surface area contributed by atoms with E-state index in [-0.39, 0.29) is 4.70 Å². The molecule has 3 heteroatoms. The van der Waals surface area contributed by atoms with Gasteiger partial charge in [-0.15, -0.1) is 0 Å². The second-order valence-electron chi connectivity index (χ2n) is 0.894. The van der Waals surface area contributed by atoms with Crippen LogP contribution in [0.15, 0.2) is 24.8 Å². The minimum absolute atomic E-state index is 0. The second-order valence-corrected chi connectivity index (χ2v) is 0.894. The third-order valence-corrected chi connectivity index (χ3v) is 0.478. The number of hydrogen-bond acceptors (Lipinski definition) is 2. The largest absolute Gasteiger partial charge is 0.269 e. The Hall–Kier alpha value is -0.990. The van der Waals surface area contributed by atoms with Crippen molar-refractivity contribution < 1.29 is 4.70 Å². The fourth-order valence-electron chi connectivity index (χ4n) is 0.253. The van der Waals surface area contributed by atoms with Crippen LogP contribution in [0.2, 0.25) is 0 Å². The highest BCUT2D eigenvalue weighted by atomic mass is 19.0. The molecule has 0 saturated heterocycles. The van der Waals surface area contributed by atoms with Crippen LogP contribution in [0.4, 0.5) is 4.70 Å². The molecule has 0 spiro atoms. The van der Waals surface area contributed by atoms with Crippen molar-refractivity contribution in [1.29, 1.82) is 0 Å². The Morgan fingerprint density at radius 1 is 0.714 bits per heavy atom. The van der Waals surface area contributed by atoms with Crippen molar-refractivity contribution >= 4 is 0 Å². The maximum Gasteiger partial charge on any atom is 0.0451 e. The van der Waals surface area contributed by atoms with Crippen LogP contribution in [0.5, 0.6) is 0 Å². The van der Waals surface area contributed by atoms with Gasteiger partial charge in [-0.05, 0) is 0 Å². The zero-order valence-corrected chi connectivity index (χ0v) is 3.61. The number of halogens is 1. The quantitative estimate of drug-likeness (QED) is 0.477. The predicted molar refractivity (Wildman–Crippen MR) is 24.5 cm³/mol. The first kappa shape index (κ1) is 6.01. The molecular formula is C4H5FN2. The van der Waals surface area contributed by atoms with Gasteiger partial charge in [-0.3, -0.25) is 14.7 Å². The molecule has 0 aliphatic heterocycles. The third-order valence-electron chi connectivity index (χ3n) is 0.478. The lowest BCUT2D eigenvalue weighted by atomic mass is 10.8. The van der Waals surface area contributed by atoms with Crippen LogP contribution in [0.25, 0.3) is 0 Å². The smallest absolute Gasteiger partial charge is 0.0451 e. The van der Waals surface area contributed by atoms with E-state index in [0.29, 0.717) is 0 Å². The first-order valence-corrected chi connectivity index (χ1v) is 1.70. The topological polar surface area (TPSA) is 25.8 Å². The van der Waals surface area contributed by atoms with Crippen molar-refractivity contribution in [2.75, 3.05) is 0 Å². The van der Waals surface area contributed by atoms with Crippen LogP contribution in [-0.2, 0) is 0 Å². The van der Waals surface area contributed by atoms with Crippen molar-refractivity contribution in [3.8, 4) is 0 Å². The number of hydrogen-bond donors (Lipinski definition) is 0. The van der Waals surface area contributed by atoms with Crippen molar-refractivity contribution in [1.82, 2.24) is 9.97 Å². The highest BCUT2D eigenvalue weighted by molar-refractivity contribution is 4.70. The van der Waals surface area contributed by atoms with E-state index < -0.39 is 0 Å². The Labute approximate surface area is 40.6 Å². The lowest BCUT2D eigenvalue weighted by molar-refractivity contribution is 1.11. The Balaban J connectivity index is 0.000000360. The van der Waals surface area contributed by atoms with Crippen LogP contribution < -0.4 is 0 Å². The summed E-state index contributed by atoms with van der Waals surface area (Å²) in [5.74, 6) is 0. The summed E-state index contributed by atoms with van der Waals surface area (Å²) in [4.78, 5) is 7.44. The zero-order chi connectivity index (χ0) is 4.24. The highest BCUT2D eigenvalue weighted by Gasteiger charge is 1.59. The standard InChI is InChI=1S/C4H4N2.FH/c1-2-6-4-3-5-1;/h1-4H;1H. The molecule has 1 aromatic rings. The molecule has 0 unspecified atom stereocenters. The van der Waals surface area contributed by atoms with Gasteiger partial charge in [-0.25, -0.2) is 0 Å². The maximum absolute atomic E-state index is 3.72. The van der Waals surface area contributed by atoms with E-state index in [1.54, 1.807) is 24.8 Å². The second kappa shape index (κ2) is 3.21. The summed E-state index contributed by atoms with van der Waals surface area (Å²) >= 11 is 0. The minimum Gasteiger partial charge on any atom is -0.269 e. The molecule has 1 heterocycles. The normalized spacial score (nSPS) is 6.86. The van der Waals surface area contributed by atoms with Crippen LogP contribution >= 0.6 is 0 Å². The van der Waals surface area contributed by atoms with E-state index >= 15 is 0 Å². The Morgan fingerprint density at radius 3 is 1.14 bits per heavy atom. The number of nitrogens with zero attached hydrogens (tertiary/aromatic N) is 2. The maximum atomic E-state index is 3.72. The van der Waals surface area contributed by atoms with E-state index in [9.17, 15) is 0 Å². The summed E-state index contributed by atoms with van der Waals surface area (Å²) < 4.78 is 0. The van der Waals surface area contributed by atoms with Crippen LogP contribution in [0.3, 0.4) is 0 Å². The van der Waals surface area contributed by atoms with E-state index in [1.165, 1.54) is 0 Å². The van der Waals surface area contributed by atoms with Crippen molar-refractivity contribution in [2.24, 2.45) is 0 Å². The molecule has 2 nitrogen and oxygen atoms in total. The van der Waals surface area contributed by atoms with E-state index in [1.807, 2.05) is 0 Å². The minimum atomic E-state index is 0. The van der Waals surface area contributed by atoms with Crippen molar-refractivity contribution in [3.05, 3.63) is 24.8 Å². The average molecular weight is 100 g/mol. The van der Waals surface area contributed by atoms with Crippen LogP contribution in [0, 0.1) is 0 Å². The summed E-state index contributed by atoms with van der Waals surface area (Å²) in [5, 5.41) is 0. The molecule has 0 N–H and O–H groups in total. The average Bonchev–Trinajstić information content (AvgIpc) is 1.72. The third kappa shape index (κ3) is 1.81. The Morgan fingerprint density at radius 2 is 1.00 bits per heavy atom. The molecule has 0 radical (unpaired) electrons. The van der Waals surface area contributed by atoms with Gasteiger partial charge in [0.2, 0.25) is 0 Å². The number of rotatable bonds is 0. The van der Waals surface area contributed by atoms with Crippen molar-refractivity contribution in [3.63, 3.8) is 0 Å². The first-order valence-electron chi connectivity index (χ1n) is 1.70. The van der Waals surface area contributed by atoms with E-state index in [2.05, 4.69) is 9.97 Å². The van der Waals surface area contributed by atoms with E-state index in [4.69, 9.17) is 0 Å². The van der Waals surface area contributed by atoms with Gasteiger partial charge in [-0.1, -0.05) is 0 Å². The lowest BCUT2D eigenvalue weighted by Gasteiger charge is -1.70. The summed E-state index contributed by atoms with van der Waals surface area (Å²) in [5.41, 5.74) is 0. The molecule has 1 aromatic heterocycles. The van der Waals surface area contributed by atoms with Gasteiger partial charge in [-0.2, -0.15) is 0 Å². The van der Waals surface area contributed by atoms with Gasteiger partial charge in [0, 0.05) is 24.8 Å². The summed E-state index contributed by atoms with van der Waals surface area (Å²) in [6, 6.07) is 0. The van der Waals surface area contributed by atoms with Gasteiger partial charge < -0.3 is 0 Å². The molecule has 0 aromatic carbocycles. The SMILES string of the molecule is F.c1cnccn1. The Bertz CT molecular complexity index is 81.6. The molecule has 0 amide bonds. The molecule has 1 rings (SSSR count). The molecule has 38 valence electrons. The highest BCUT2D eigenvalue weighted by Crippen LogP contribution is 1.65. The van der Waals surface area contributed by atoms with Crippen LogP contribution in [-0.4, -0.2) is 9.97 Å². The van der Waals surface area contributed by atoms with Gasteiger partial charge in [0.15, 0.2) is 0 Å². The molecule has 0 aliphatic rings. The van der Waals surface area contributed by atoms with Crippen molar-refractivity contribution in [2.45, 2.75) is 0 Å². The monoisotopic (exact) mass is 100 g/mol. The zero-order valence-electron chi connectivity index (χ0n) is 3.61. The molecule has 0 fully saturated rings. The summed E-state index contributed by atoms with van der Waals surface area (Å²) in [6.45, 7) is 0. The van der Waals surface area contributed by atoms with Crippen LogP contribution in [0.1, 0.15) is 0 Å². The van der Waals surface area contributed by atoms with Gasteiger partial charge in [0.05, 0.1) is 0 Å². The number of aromatic nitrogens is 2. The first-order chi connectivity index (χ1) is 3.00. The fourth-order valence-corrected chi connectivity index (χ4v) is 0.253. The molecule has 0 saturated carbocycles. The van der Waals surface area contributed by atoms with Gasteiger partial charge in [0.1, 0.15) is 0 Å². The Kier molecular flexibility index (Phi) is 2.76. The molecule has 0 aliphatic carbocycles. The molecule has 0 bridgehead atoms. The lowest BCUT2D eigenvalue weighted by Crippen LogP contribution is -1.66. The van der Waals surface area contributed by atoms with E-state index in [0.717, 1.165) is 0 Å². The fraction of sp³-hybridized carbons (Fsp3) is 0. The predicted octanol–water partition coefficient (Wildman–Crippen LogP) is 0.629. The molecule has 0 atom stereocenters. The summed E-state index contributed by atoms with van der Waals surface area (Å²) in [7, 11) is 0. The van der Waals surface area contributed by atoms with Gasteiger partial charge in [0.25, 0.3) is 0 Å². The molecule has 7 heavy (non-hydrogen) atoms. The summed E-state index contributed by atoms with van der Waals surface area (Å²) in [6.07, 6.45) is 6.56.